The second-order valence-corrected chi connectivity index (χ2v) is 7.62. The SMILES string of the molecule is COC(=O)c1ccc2ncc(Br)n2n1.O=COc1ccc2ncc(-c3cccc(Cl)c3)n2n1. The fourth-order valence-electron chi connectivity index (χ4n) is 2.87. The molecular formula is C21H14BrClN6O4. The van der Waals surface area contributed by atoms with E-state index in [9.17, 15) is 9.59 Å². The van der Waals surface area contributed by atoms with E-state index in [-0.39, 0.29) is 11.6 Å². The van der Waals surface area contributed by atoms with Crippen molar-refractivity contribution in [2.75, 3.05) is 7.11 Å². The van der Waals surface area contributed by atoms with Crippen LogP contribution in [0.3, 0.4) is 0 Å². The van der Waals surface area contributed by atoms with Crippen molar-refractivity contribution in [3.8, 4) is 17.1 Å². The average Bonchev–Trinajstić information content (AvgIpc) is 3.42. The Hall–Kier alpha value is -3.83. The lowest BCUT2D eigenvalue weighted by Crippen LogP contribution is -2.07. The Bertz CT molecular complexity index is 1470. The molecule has 0 unspecified atom stereocenters. The van der Waals surface area contributed by atoms with E-state index in [1.807, 2.05) is 18.2 Å². The lowest BCUT2D eigenvalue weighted by molar-refractivity contribution is -0.121. The summed E-state index contributed by atoms with van der Waals surface area (Å²) in [5.41, 5.74) is 3.24. The number of imidazole rings is 2. The number of benzene rings is 1. The molecular weight excluding hydrogens is 516 g/mol. The van der Waals surface area contributed by atoms with E-state index in [0.29, 0.717) is 27.4 Å². The maximum atomic E-state index is 11.2. The molecule has 0 bridgehead atoms. The van der Waals surface area contributed by atoms with Gasteiger partial charge < -0.3 is 9.47 Å². The molecule has 4 heterocycles. The van der Waals surface area contributed by atoms with E-state index in [1.165, 1.54) is 11.6 Å². The zero-order chi connectivity index (χ0) is 23.4. The van der Waals surface area contributed by atoms with Crippen LogP contribution in [0.5, 0.6) is 5.88 Å². The minimum Gasteiger partial charge on any atom is -0.464 e. The molecule has 12 heteroatoms. The summed E-state index contributed by atoms with van der Waals surface area (Å²) in [6.45, 7) is 0.337. The van der Waals surface area contributed by atoms with Gasteiger partial charge >= 0.3 is 5.97 Å². The van der Waals surface area contributed by atoms with Gasteiger partial charge in [0.2, 0.25) is 5.88 Å². The van der Waals surface area contributed by atoms with Crippen LogP contribution in [-0.4, -0.2) is 48.7 Å². The fourth-order valence-corrected chi connectivity index (χ4v) is 3.43. The Kier molecular flexibility index (Phi) is 6.61. The first-order valence-corrected chi connectivity index (χ1v) is 10.5. The van der Waals surface area contributed by atoms with Crippen molar-refractivity contribution in [3.63, 3.8) is 0 Å². The van der Waals surface area contributed by atoms with Crippen LogP contribution in [0, 0.1) is 0 Å². The van der Waals surface area contributed by atoms with Gasteiger partial charge in [-0.15, -0.1) is 5.10 Å². The fraction of sp³-hybridized carbons (Fsp3) is 0.0476. The number of methoxy groups -OCH3 is 1. The molecule has 0 aliphatic heterocycles. The van der Waals surface area contributed by atoms with Crippen molar-refractivity contribution in [2.24, 2.45) is 0 Å². The first kappa shape index (κ1) is 22.4. The van der Waals surface area contributed by atoms with Crippen molar-refractivity contribution < 1.29 is 19.1 Å². The highest BCUT2D eigenvalue weighted by molar-refractivity contribution is 9.10. The normalized spacial score (nSPS) is 10.5. The minimum absolute atomic E-state index is 0.212. The van der Waals surface area contributed by atoms with Crippen LogP contribution in [0.4, 0.5) is 0 Å². The molecule has 10 nitrogen and oxygen atoms in total. The second-order valence-electron chi connectivity index (χ2n) is 6.37. The van der Waals surface area contributed by atoms with E-state index in [1.54, 1.807) is 47.2 Å². The highest BCUT2D eigenvalue weighted by atomic mass is 79.9. The van der Waals surface area contributed by atoms with Crippen LogP contribution in [0.1, 0.15) is 10.5 Å². The molecule has 0 aliphatic carbocycles. The topological polar surface area (TPSA) is 113 Å². The first-order chi connectivity index (χ1) is 16.0. The third-order valence-electron chi connectivity index (χ3n) is 4.34. The molecule has 33 heavy (non-hydrogen) atoms. The van der Waals surface area contributed by atoms with E-state index in [0.717, 1.165) is 11.3 Å². The van der Waals surface area contributed by atoms with Crippen molar-refractivity contribution in [2.45, 2.75) is 0 Å². The van der Waals surface area contributed by atoms with Crippen molar-refractivity contribution in [1.29, 1.82) is 0 Å². The van der Waals surface area contributed by atoms with Gasteiger partial charge in [-0.2, -0.15) is 5.10 Å². The standard InChI is InChI=1S/C13H8ClN3O2.C8H6BrN3O2/c14-10-3-1-2-9(6-10)11-7-15-12-4-5-13(19-8-18)16-17(11)12;1-14-8(13)5-2-3-7-10-4-6(9)12(7)11-5/h1-8H;2-4H,1H3. The predicted octanol–water partition coefficient (Wildman–Crippen LogP) is 3.86. The van der Waals surface area contributed by atoms with Crippen molar-refractivity contribution in [1.82, 2.24) is 29.2 Å². The summed E-state index contributed by atoms with van der Waals surface area (Å²) in [5, 5.41) is 8.86. The van der Waals surface area contributed by atoms with Gasteiger partial charge in [-0.1, -0.05) is 23.7 Å². The van der Waals surface area contributed by atoms with Crippen LogP contribution in [0.25, 0.3) is 22.6 Å². The number of hydrogen-bond donors (Lipinski definition) is 0. The van der Waals surface area contributed by atoms with Gasteiger partial charge in [-0.25, -0.2) is 23.8 Å². The molecule has 0 fully saturated rings. The monoisotopic (exact) mass is 528 g/mol. The predicted molar refractivity (Wildman–Crippen MR) is 122 cm³/mol. The number of aromatic nitrogens is 6. The van der Waals surface area contributed by atoms with E-state index in [4.69, 9.17) is 16.3 Å². The molecule has 0 amide bonds. The summed E-state index contributed by atoms with van der Waals surface area (Å²) in [6, 6.07) is 13.9. The summed E-state index contributed by atoms with van der Waals surface area (Å²) in [4.78, 5) is 29.8. The highest BCUT2D eigenvalue weighted by Crippen LogP contribution is 2.23. The summed E-state index contributed by atoms with van der Waals surface area (Å²) in [5.74, 6) is -0.253. The number of halogens is 2. The Morgan fingerprint density at radius 1 is 1.03 bits per heavy atom. The Morgan fingerprint density at radius 2 is 1.79 bits per heavy atom. The molecule has 166 valence electrons. The molecule has 0 saturated carbocycles. The van der Waals surface area contributed by atoms with Crippen molar-refractivity contribution in [3.05, 3.63) is 76.2 Å². The summed E-state index contributed by atoms with van der Waals surface area (Å²) in [6.07, 6.45) is 3.31. The van der Waals surface area contributed by atoms with Crippen molar-refractivity contribution >= 4 is 51.3 Å². The number of rotatable bonds is 4. The van der Waals surface area contributed by atoms with Gasteiger partial charge in [0.15, 0.2) is 17.0 Å². The average molecular weight is 530 g/mol. The molecule has 0 N–H and O–H groups in total. The van der Waals surface area contributed by atoms with Gasteiger partial charge in [0, 0.05) is 16.7 Å². The van der Waals surface area contributed by atoms with E-state index in [2.05, 4.69) is 40.8 Å². The largest absolute Gasteiger partial charge is 0.464 e. The maximum Gasteiger partial charge on any atom is 0.358 e. The van der Waals surface area contributed by atoms with Crippen LogP contribution < -0.4 is 4.74 Å². The second kappa shape index (κ2) is 9.76. The van der Waals surface area contributed by atoms with E-state index < -0.39 is 5.97 Å². The van der Waals surface area contributed by atoms with Crippen LogP contribution in [0.2, 0.25) is 5.02 Å². The molecule has 0 spiro atoms. The van der Waals surface area contributed by atoms with Crippen LogP contribution in [0.15, 0.2) is 65.5 Å². The summed E-state index contributed by atoms with van der Waals surface area (Å²) < 4.78 is 13.1. The van der Waals surface area contributed by atoms with Gasteiger partial charge in [0.25, 0.3) is 6.47 Å². The Morgan fingerprint density at radius 3 is 2.55 bits per heavy atom. The zero-order valence-electron chi connectivity index (χ0n) is 16.9. The minimum atomic E-state index is -0.465. The van der Waals surface area contributed by atoms with E-state index >= 15 is 0 Å². The number of ether oxygens (including phenoxy) is 2. The summed E-state index contributed by atoms with van der Waals surface area (Å²) in [7, 11) is 1.32. The van der Waals surface area contributed by atoms with Gasteiger partial charge in [-0.05, 0) is 46.3 Å². The molecule has 0 radical (unpaired) electrons. The van der Waals surface area contributed by atoms with Gasteiger partial charge in [0.1, 0.15) is 4.60 Å². The molecule has 1 aromatic carbocycles. The molecule has 5 aromatic rings. The molecule has 0 saturated heterocycles. The molecule has 4 aromatic heterocycles. The van der Waals surface area contributed by atoms with Gasteiger partial charge in [-0.3, -0.25) is 4.79 Å². The molecule has 5 rings (SSSR count). The number of fused-ring (bicyclic) bond motifs is 2. The number of carbonyl (C=O) groups excluding carboxylic acids is 2. The maximum absolute atomic E-state index is 11.2. The lowest BCUT2D eigenvalue weighted by Gasteiger charge is -2.03. The number of nitrogens with zero attached hydrogens (tertiary/aromatic N) is 6. The quantitative estimate of drug-likeness (QED) is 0.255. The third kappa shape index (κ3) is 4.83. The number of hydrogen-bond acceptors (Lipinski definition) is 8. The van der Waals surface area contributed by atoms with Crippen LogP contribution in [-0.2, 0) is 9.53 Å². The molecule has 0 aliphatic rings. The smallest absolute Gasteiger partial charge is 0.358 e. The summed E-state index contributed by atoms with van der Waals surface area (Å²) >= 11 is 9.23. The van der Waals surface area contributed by atoms with Crippen LogP contribution >= 0.6 is 27.5 Å². The van der Waals surface area contributed by atoms with Gasteiger partial charge in [0.05, 0.1) is 25.2 Å². The highest BCUT2D eigenvalue weighted by Gasteiger charge is 2.10. The zero-order valence-corrected chi connectivity index (χ0v) is 19.3. The Labute approximate surface area is 199 Å². The lowest BCUT2D eigenvalue weighted by atomic mass is 10.2. The Balaban J connectivity index is 0.000000165. The number of carbonyl (C=O) groups is 2. The molecule has 0 atom stereocenters. The third-order valence-corrected chi connectivity index (χ3v) is 5.12. The number of esters is 1. The first-order valence-electron chi connectivity index (χ1n) is 9.30.